The minimum Gasteiger partial charge on any atom is -0.350 e. The van der Waals surface area contributed by atoms with Crippen LogP contribution in [0.2, 0.25) is 0 Å². The maximum Gasteiger partial charge on any atom is 0.416 e. The van der Waals surface area contributed by atoms with Crippen LogP contribution in [0.1, 0.15) is 39.1 Å². The van der Waals surface area contributed by atoms with E-state index in [1.165, 1.54) is 12.1 Å². The number of nitrogens with one attached hydrogen (secondary N) is 1. The van der Waals surface area contributed by atoms with E-state index >= 15 is 0 Å². The minimum atomic E-state index is -4.44. The van der Waals surface area contributed by atoms with Gasteiger partial charge in [-0.3, -0.25) is 9.69 Å². The Balaban J connectivity index is 2.07. The summed E-state index contributed by atoms with van der Waals surface area (Å²) in [6.07, 6.45) is -4.44. The Morgan fingerprint density at radius 1 is 1.26 bits per heavy atom. The molecule has 9 heteroatoms. The van der Waals surface area contributed by atoms with Crippen molar-refractivity contribution in [2.75, 3.05) is 13.1 Å². The Morgan fingerprint density at radius 2 is 1.96 bits per heavy atom. The molecule has 0 aliphatic rings. The molecule has 0 spiro atoms. The van der Waals surface area contributed by atoms with Crippen LogP contribution in [0.3, 0.4) is 0 Å². The molecule has 0 aliphatic heterocycles. The maximum atomic E-state index is 12.8. The molecule has 0 unspecified atom stereocenters. The first-order chi connectivity index (χ1) is 12.5. The molecule has 0 aliphatic carbocycles. The molecule has 0 bridgehead atoms. The van der Waals surface area contributed by atoms with E-state index in [4.69, 9.17) is 4.52 Å². The van der Waals surface area contributed by atoms with E-state index in [0.29, 0.717) is 6.54 Å². The normalized spacial score (nSPS) is 12.4. The highest BCUT2D eigenvalue weighted by Gasteiger charge is 2.30. The highest BCUT2D eigenvalue weighted by molar-refractivity contribution is 5.78. The van der Waals surface area contributed by atoms with Crippen LogP contribution in [0, 0.1) is 0 Å². The summed E-state index contributed by atoms with van der Waals surface area (Å²) < 4.78 is 43.7. The van der Waals surface area contributed by atoms with Crippen LogP contribution in [0.25, 0.3) is 11.4 Å². The molecule has 6 nitrogen and oxygen atoms in total. The number of aromatic nitrogens is 2. The fourth-order valence-corrected chi connectivity index (χ4v) is 2.40. The number of likely N-dealkylation sites (N-methyl/N-ethyl adjacent to an activating group) is 1. The van der Waals surface area contributed by atoms with Gasteiger partial charge in [0.2, 0.25) is 17.6 Å². The van der Waals surface area contributed by atoms with E-state index in [0.717, 1.165) is 12.1 Å². The Kier molecular flexibility index (Phi) is 6.25. The van der Waals surface area contributed by atoms with Crippen LogP contribution in [-0.4, -0.2) is 39.6 Å². The average molecular weight is 384 g/mol. The van der Waals surface area contributed by atoms with Gasteiger partial charge in [-0.25, -0.2) is 0 Å². The average Bonchev–Trinajstić information content (AvgIpc) is 3.00. The molecule has 1 aromatic carbocycles. The second kappa shape index (κ2) is 8.08. The van der Waals surface area contributed by atoms with E-state index in [1.54, 1.807) is 4.90 Å². The SMILES string of the molecule is CCN(CC(=O)NC(C)(C)C)Cc1nc(-c2cccc(C(F)(F)F)c2)no1. The fourth-order valence-electron chi connectivity index (χ4n) is 2.40. The molecule has 2 aromatic rings. The van der Waals surface area contributed by atoms with E-state index in [1.807, 2.05) is 27.7 Å². The van der Waals surface area contributed by atoms with Crippen LogP contribution >= 0.6 is 0 Å². The molecule has 0 radical (unpaired) electrons. The number of hydrogen-bond donors (Lipinski definition) is 1. The molecule has 27 heavy (non-hydrogen) atoms. The van der Waals surface area contributed by atoms with Crippen molar-refractivity contribution < 1.29 is 22.5 Å². The monoisotopic (exact) mass is 384 g/mol. The third-order valence-corrected chi connectivity index (χ3v) is 3.60. The standard InChI is InChI=1S/C18H23F3N4O2/c1-5-25(10-14(26)23-17(2,3)4)11-15-22-16(24-27-15)12-7-6-8-13(9-12)18(19,20)21/h6-9H,5,10-11H2,1-4H3,(H,23,26). The van der Waals surface area contributed by atoms with Gasteiger partial charge in [-0.15, -0.1) is 0 Å². The highest BCUT2D eigenvalue weighted by Crippen LogP contribution is 2.31. The minimum absolute atomic E-state index is 0.0753. The second-order valence-electron chi connectivity index (χ2n) is 7.19. The predicted molar refractivity (Wildman–Crippen MR) is 93.6 cm³/mol. The summed E-state index contributed by atoms with van der Waals surface area (Å²) in [5, 5.41) is 6.62. The summed E-state index contributed by atoms with van der Waals surface area (Å²) in [5.74, 6) is 0.168. The van der Waals surface area contributed by atoms with Gasteiger partial charge in [-0.1, -0.05) is 24.2 Å². The summed E-state index contributed by atoms with van der Waals surface area (Å²) in [4.78, 5) is 18.0. The Bertz CT molecular complexity index is 781. The Morgan fingerprint density at radius 3 is 2.56 bits per heavy atom. The van der Waals surface area contributed by atoms with Crippen LogP contribution in [-0.2, 0) is 17.5 Å². The van der Waals surface area contributed by atoms with Gasteiger partial charge in [-0.05, 0) is 39.4 Å². The van der Waals surface area contributed by atoms with Gasteiger partial charge < -0.3 is 9.84 Å². The Labute approximate surface area is 155 Å². The maximum absolute atomic E-state index is 12.8. The zero-order chi connectivity index (χ0) is 20.2. The first-order valence-electron chi connectivity index (χ1n) is 8.51. The first kappa shape index (κ1) is 20.9. The molecular weight excluding hydrogens is 361 g/mol. The number of hydrogen-bond acceptors (Lipinski definition) is 5. The zero-order valence-corrected chi connectivity index (χ0v) is 15.7. The van der Waals surface area contributed by atoms with Gasteiger partial charge >= 0.3 is 6.18 Å². The number of rotatable bonds is 6. The largest absolute Gasteiger partial charge is 0.416 e. The van der Waals surface area contributed by atoms with Crippen molar-refractivity contribution in [3.8, 4) is 11.4 Å². The van der Waals surface area contributed by atoms with Crippen molar-refractivity contribution in [3.05, 3.63) is 35.7 Å². The van der Waals surface area contributed by atoms with Crippen LogP contribution < -0.4 is 5.32 Å². The molecule has 1 heterocycles. The summed E-state index contributed by atoms with van der Waals surface area (Å²) in [5.41, 5.74) is -0.897. The first-order valence-corrected chi connectivity index (χ1v) is 8.51. The van der Waals surface area contributed by atoms with Gasteiger partial charge in [0.25, 0.3) is 0 Å². The summed E-state index contributed by atoms with van der Waals surface area (Å²) >= 11 is 0. The lowest BCUT2D eigenvalue weighted by molar-refractivity contribution is -0.137. The number of amides is 1. The van der Waals surface area contributed by atoms with E-state index in [-0.39, 0.29) is 41.8 Å². The predicted octanol–water partition coefficient (Wildman–Crippen LogP) is 3.49. The molecule has 1 aromatic heterocycles. The number of alkyl halides is 3. The van der Waals surface area contributed by atoms with Crippen molar-refractivity contribution in [1.82, 2.24) is 20.4 Å². The van der Waals surface area contributed by atoms with Gasteiger partial charge in [-0.2, -0.15) is 18.2 Å². The van der Waals surface area contributed by atoms with Crippen molar-refractivity contribution in [3.63, 3.8) is 0 Å². The number of benzene rings is 1. The third-order valence-electron chi connectivity index (χ3n) is 3.60. The lowest BCUT2D eigenvalue weighted by atomic mass is 10.1. The van der Waals surface area contributed by atoms with E-state index < -0.39 is 11.7 Å². The molecule has 0 saturated heterocycles. The van der Waals surface area contributed by atoms with Gasteiger partial charge in [0, 0.05) is 11.1 Å². The van der Waals surface area contributed by atoms with Crippen molar-refractivity contribution in [2.45, 2.75) is 46.0 Å². The van der Waals surface area contributed by atoms with Crippen molar-refractivity contribution in [2.24, 2.45) is 0 Å². The highest BCUT2D eigenvalue weighted by atomic mass is 19.4. The quantitative estimate of drug-likeness (QED) is 0.826. The van der Waals surface area contributed by atoms with Crippen LogP contribution in [0.4, 0.5) is 13.2 Å². The lowest BCUT2D eigenvalue weighted by Gasteiger charge is -2.23. The number of carbonyl (C=O) groups excluding carboxylic acids is 1. The van der Waals surface area contributed by atoms with E-state index in [9.17, 15) is 18.0 Å². The summed E-state index contributed by atoms with van der Waals surface area (Å²) in [6.45, 7) is 8.49. The Hall–Kier alpha value is -2.42. The van der Waals surface area contributed by atoms with Crippen molar-refractivity contribution in [1.29, 1.82) is 0 Å². The van der Waals surface area contributed by atoms with Crippen LogP contribution in [0.15, 0.2) is 28.8 Å². The zero-order valence-electron chi connectivity index (χ0n) is 15.7. The molecule has 0 atom stereocenters. The third kappa shape index (κ3) is 6.35. The molecule has 148 valence electrons. The molecular formula is C18H23F3N4O2. The second-order valence-corrected chi connectivity index (χ2v) is 7.19. The summed E-state index contributed by atoms with van der Waals surface area (Å²) in [7, 11) is 0. The van der Waals surface area contributed by atoms with E-state index in [2.05, 4.69) is 15.5 Å². The molecule has 2 rings (SSSR count). The van der Waals surface area contributed by atoms with Gasteiger partial charge in [0.1, 0.15) is 0 Å². The van der Waals surface area contributed by atoms with Gasteiger partial charge in [0.05, 0.1) is 18.7 Å². The number of halogens is 3. The lowest BCUT2D eigenvalue weighted by Crippen LogP contribution is -2.45. The molecule has 0 fully saturated rings. The molecule has 1 amide bonds. The fraction of sp³-hybridized carbons (Fsp3) is 0.500. The number of nitrogens with zero attached hydrogens (tertiary/aromatic N) is 3. The van der Waals surface area contributed by atoms with Crippen molar-refractivity contribution >= 4 is 5.91 Å². The van der Waals surface area contributed by atoms with Crippen LogP contribution in [0.5, 0.6) is 0 Å². The number of carbonyl (C=O) groups is 1. The topological polar surface area (TPSA) is 71.3 Å². The molecule has 1 N–H and O–H groups in total. The van der Waals surface area contributed by atoms with Gasteiger partial charge in [0.15, 0.2) is 0 Å². The smallest absolute Gasteiger partial charge is 0.350 e. The molecule has 0 saturated carbocycles. The summed E-state index contributed by atoms with van der Waals surface area (Å²) in [6, 6.07) is 4.74.